The minimum atomic E-state index is -0.521. The summed E-state index contributed by atoms with van der Waals surface area (Å²) in [4.78, 5) is 29.9. The van der Waals surface area contributed by atoms with E-state index in [-0.39, 0.29) is 17.5 Å². The molecular formula is C24H24FN3O4S. The Kier molecular flexibility index (Phi) is 8.15. The average molecular weight is 470 g/mol. The number of anilines is 2. The SMILES string of the molecule is COc1ccc(OC)c(CCNC(=O)/C=C/c2csc(N(C(C)=O)c3ccccc3F)n2)c1. The van der Waals surface area contributed by atoms with Crippen LogP contribution in [-0.2, 0) is 16.0 Å². The van der Waals surface area contributed by atoms with E-state index in [1.807, 2.05) is 18.2 Å². The van der Waals surface area contributed by atoms with Crippen molar-refractivity contribution in [3.63, 3.8) is 0 Å². The first-order valence-corrected chi connectivity index (χ1v) is 11.0. The molecule has 0 saturated carbocycles. The zero-order valence-electron chi connectivity index (χ0n) is 18.5. The second-order valence-corrected chi connectivity index (χ2v) is 7.75. The zero-order chi connectivity index (χ0) is 23.8. The second-order valence-electron chi connectivity index (χ2n) is 6.91. The number of hydrogen-bond acceptors (Lipinski definition) is 6. The molecule has 9 heteroatoms. The zero-order valence-corrected chi connectivity index (χ0v) is 19.3. The van der Waals surface area contributed by atoms with Crippen molar-refractivity contribution in [1.82, 2.24) is 10.3 Å². The van der Waals surface area contributed by atoms with Gasteiger partial charge < -0.3 is 14.8 Å². The maximum absolute atomic E-state index is 14.2. The number of carbonyl (C=O) groups excluding carboxylic acids is 2. The normalized spacial score (nSPS) is 10.8. The molecule has 0 saturated heterocycles. The summed E-state index contributed by atoms with van der Waals surface area (Å²) in [6.45, 7) is 1.74. The fourth-order valence-electron chi connectivity index (χ4n) is 3.11. The van der Waals surface area contributed by atoms with Gasteiger partial charge in [0.1, 0.15) is 17.3 Å². The predicted molar refractivity (Wildman–Crippen MR) is 127 cm³/mol. The molecule has 1 aromatic heterocycles. The number of thiazole rings is 1. The van der Waals surface area contributed by atoms with E-state index in [1.165, 1.54) is 41.4 Å². The minimum Gasteiger partial charge on any atom is -0.497 e. The quantitative estimate of drug-likeness (QED) is 0.471. The third-order valence-electron chi connectivity index (χ3n) is 4.70. The Morgan fingerprint density at radius 3 is 2.67 bits per heavy atom. The molecule has 7 nitrogen and oxygen atoms in total. The molecule has 0 spiro atoms. The number of amides is 2. The maximum Gasteiger partial charge on any atom is 0.244 e. The van der Waals surface area contributed by atoms with Gasteiger partial charge in [-0.2, -0.15) is 0 Å². The van der Waals surface area contributed by atoms with E-state index in [0.717, 1.165) is 11.3 Å². The molecule has 0 aliphatic heterocycles. The molecular weight excluding hydrogens is 445 g/mol. The number of hydrogen-bond donors (Lipinski definition) is 1. The van der Waals surface area contributed by atoms with Crippen LogP contribution in [0.4, 0.5) is 15.2 Å². The topological polar surface area (TPSA) is 80.8 Å². The molecule has 172 valence electrons. The van der Waals surface area contributed by atoms with Gasteiger partial charge in [0.05, 0.1) is 25.6 Å². The average Bonchev–Trinajstić information content (AvgIpc) is 3.27. The number of ether oxygens (including phenoxy) is 2. The number of benzene rings is 2. The molecule has 0 fully saturated rings. The summed E-state index contributed by atoms with van der Waals surface area (Å²) in [7, 11) is 3.18. The van der Waals surface area contributed by atoms with Crippen LogP contribution in [0.25, 0.3) is 6.08 Å². The van der Waals surface area contributed by atoms with Gasteiger partial charge in [0.25, 0.3) is 0 Å². The van der Waals surface area contributed by atoms with Crippen LogP contribution in [0, 0.1) is 5.82 Å². The van der Waals surface area contributed by atoms with Crippen molar-refractivity contribution in [1.29, 1.82) is 0 Å². The molecule has 1 heterocycles. The summed E-state index contributed by atoms with van der Waals surface area (Å²) in [6.07, 6.45) is 3.47. The van der Waals surface area contributed by atoms with E-state index in [9.17, 15) is 14.0 Å². The first kappa shape index (κ1) is 23.9. The molecule has 3 rings (SSSR count). The number of aromatic nitrogens is 1. The van der Waals surface area contributed by atoms with Gasteiger partial charge in [0.15, 0.2) is 5.13 Å². The van der Waals surface area contributed by atoms with Crippen molar-refractivity contribution < 1.29 is 23.5 Å². The van der Waals surface area contributed by atoms with Gasteiger partial charge in [-0.15, -0.1) is 11.3 Å². The highest BCUT2D eigenvalue weighted by Gasteiger charge is 2.20. The van der Waals surface area contributed by atoms with E-state index in [2.05, 4.69) is 10.3 Å². The van der Waals surface area contributed by atoms with Crippen LogP contribution < -0.4 is 19.7 Å². The first-order valence-electron chi connectivity index (χ1n) is 10.1. The number of nitrogens with one attached hydrogen (secondary N) is 1. The Hall–Kier alpha value is -3.72. The third-order valence-corrected chi connectivity index (χ3v) is 5.54. The lowest BCUT2D eigenvalue weighted by atomic mass is 10.1. The van der Waals surface area contributed by atoms with Gasteiger partial charge in [-0.3, -0.25) is 14.5 Å². The third kappa shape index (κ3) is 6.17. The molecule has 0 radical (unpaired) electrons. The fraction of sp³-hybridized carbons (Fsp3) is 0.208. The van der Waals surface area contributed by atoms with Crippen molar-refractivity contribution >= 4 is 40.0 Å². The van der Waals surface area contributed by atoms with Crippen LogP contribution in [0.3, 0.4) is 0 Å². The fourth-order valence-corrected chi connectivity index (χ4v) is 3.96. The number of carbonyl (C=O) groups is 2. The van der Waals surface area contributed by atoms with E-state index in [1.54, 1.807) is 37.8 Å². The smallest absolute Gasteiger partial charge is 0.244 e. The molecule has 3 aromatic rings. The summed E-state index contributed by atoms with van der Waals surface area (Å²) in [5.74, 6) is 0.262. The Labute approximate surface area is 195 Å². The highest BCUT2D eigenvalue weighted by Crippen LogP contribution is 2.31. The Morgan fingerprint density at radius 2 is 1.97 bits per heavy atom. The van der Waals surface area contributed by atoms with E-state index < -0.39 is 5.82 Å². The van der Waals surface area contributed by atoms with Crippen LogP contribution in [0.1, 0.15) is 18.2 Å². The van der Waals surface area contributed by atoms with E-state index >= 15 is 0 Å². The number of nitrogens with zero attached hydrogens (tertiary/aromatic N) is 2. The van der Waals surface area contributed by atoms with Crippen molar-refractivity contribution in [3.8, 4) is 11.5 Å². The maximum atomic E-state index is 14.2. The summed E-state index contributed by atoms with van der Waals surface area (Å²) in [5.41, 5.74) is 1.53. The monoisotopic (exact) mass is 469 g/mol. The highest BCUT2D eigenvalue weighted by molar-refractivity contribution is 7.14. The van der Waals surface area contributed by atoms with Crippen molar-refractivity contribution in [2.75, 3.05) is 25.7 Å². The highest BCUT2D eigenvalue weighted by atomic mass is 32.1. The number of halogens is 1. The molecule has 2 amide bonds. The standard InChI is InChI=1S/C24H24FN3O4S/c1-16(29)28(21-7-5-4-6-20(21)25)24-27-18(15-33-24)8-11-23(30)26-13-12-17-14-19(31-2)9-10-22(17)32-3/h4-11,14-15H,12-13H2,1-3H3,(H,26,30)/b11-8+. The second kappa shape index (κ2) is 11.2. The van der Waals surface area contributed by atoms with Crippen molar-refractivity contribution in [2.24, 2.45) is 0 Å². The minimum absolute atomic E-state index is 0.126. The predicted octanol–water partition coefficient (Wildman–Crippen LogP) is 4.36. The van der Waals surface area contributed by atoms with Gasteiger partial charge in [-0.25, -0.2) is 9.37 Å². The summed E-state index contributed by atoms with van der Waals surface area (Å²) in [5, 5.41) is 4.82. The molecule has 0 aliphatic carbocycles. The summed E-state index contributed by atoms with van der Waals surface area (Å²) < 4.78 is 24.8. The summed E-state index contributed by atoms with van der Waals surface area (Å²) in [6, 6.07) is 11.5. The van der Waals surface area contributed by atoms with Gasteiger partial charge in [0.2, 0.25) is 11.8 Å². The number of methoxy groups -OCH3 is 2. The molecule has 0 aliphatic rings. The largest absolute Gasteiger partial charge is 0.497 e. The lowest BCUT2D eigenvalue weighted by Gasteiger charge is -2.18. The number of rotatable bonds is 9. The van der Waals surface area contributed by atoms with Crippen LogP contribution in [0.5, 0.6) is 11.5 Å². The lowest BCUT2D eigenvalue weighted by Crippen LogP contribution is -2.24. The lowest BCUT2D eigenvalue weighted by molar-refractivity contribution is -0.117. The Balaban J connectivity index is 1.61. The van der Waals surface area contributed by atoms with E-state index in [0.29, 0.717) is 29.5 Å². The molecule has 0 unspecified atom stereocenters. The van der Waals surface area contributed by atoms with Crippen LogP contribution in [-0.4, -0.2) is 37.6 Å². The van der Waals surface area contributed by atoms with Crippen LogP contribution in [0.2, 0.25) is 0 Å². The van der Waals surface area contributed by atoms with Gasteiger partial charge >= 0.3 is 0 Å². The molecule has 0 bridgehead atoms. The Morgan fingerprint density at radius 1 is 1.18 bits per heavy atom. The van der Waals surface area contributed by atoms with Crippen LogP contribution in [0.15, 0.2) is 53.9 Å². The summed E-state index contributed by atoms with van der Waals surface area (Å²) >= 11 is 1.18. The van der Waals surface area contributed by atoms with Crippen LogP contribution >= 0.6 is 11.3 Å². The first-order chi connectivity index (χ1) is 15.9. The van der Waals surface area contributed by atoms with Gasteiger partial charge in [-0.1, -0.05) is 12.1 Å². The Bertz CT molecular complexity index is 1160. The van der Waals surface area contributed by atoms with Crippen molar-refractivity contribution in [2.45, 2.75) is 13.3 Å². The van der Waals surface area contributed by atoms with Crippen molar-refractivity contribution in [3.05, 3.63) is 71.0 Å². The van der Waals surface area contributed by atoms with Gasteiger partial charge in [-0.05, 0) is 48.4 Å². The van der Waals surface area contributed by atoms with Gasteiger partial charge in [0, 0.05) is 24.9 Å². The number of para-hydroxylation sites is 1. The molecule has 1 N–H and O–H groups in total. The van der Waals surface area contributed by atoms with E-state index in [4.69, 9.17) is 9.47 Å². The molecule has 0 atom stereocenters. The molecule has 2 aromatic carbocycles. The molecule has 33 heavy (non-hydrogen) atoms.